The van der Waals surface area contributed by atoms with Crippen LogP contribution in [0.5, 0.6) is 0 Å². The first-order valence-corrected chi connectivity index (χ1v) is 11.8. The van der Waals surface area contributed by atoms with E-state index in [1.807, 2.05) is 11.8 Å². The number of carbonyl (C=O) groups excluding carboxylic acids is 1. The lowest BCUT2D eigenvalue weighted by Gasteiger charge is -2.57. The third-order valence-electron chi connectivity index (χ3n) is 7.17. The van der Waals surface area contributed by atoms with Crippen molar-refractivity contribution in [2.24, 2.45) is 23.2 Å². The van der Waals surface area contributed by atoms with Gasteiger partial charge in [-0.2, -0.15) is 4.31 Å². The highest BCUT2D eigenvalue weighted by atomic mass is 32.2. The van der Waals surface area contributed by atoms with Crippen LogP contribution in [0.25, 0.3) is 0 Å². The zero-order valence-electron chi connectivity index (χ0n) is 15.5. The van der Waals surface area contributed by atoms with Gasteiger partial charge in [0, 0.05) is 26.2 Å². The molecule has 0 aromatic heterocycles. The third kappa shape index (κ3) is 3.25. The number of hydrogen-bond donors (Lipinski definition) is 0. The lowest BCUT2D eigenvalue weighted by Crippen LogP contribution is -2.58. The Bertz CT molecular complexity index is 587. The van der Waals surface area contributed by atoms with Crippen molar-refractivity contribution in [2.75, 3.05) is 31.9 Å². The lowest BCUT2D eigenvalue weighted by atomic mass is 9.49. The van der Waals surface area contributed by atoms with Crippen molar-refractivity contribution in [3.05, 3.63) is 0 Å². The molecule has 1 amide bonds. The van der Waals surface area contributed by atoms with Crippen molar-refractivity contribution in [3.8, 4) is 0 Å². The molecule has 0 N–H and O–H groups in total. The van der Waals surface area contributed by atoms with E-state index in [1.54, 1.807) is 4.31 Å². The predicted octanol–water partition coefficient (Wildman–Crippen LogP) is 2.48. The fourth-order valence-corrected chi connectivity index (χ4v) is 7.96. The second-order valence-corrected chi connectivity index (χ2v) is 11.1. The zero-order valence-corrected chi connectivity index (χ0v) is 16.3. The van der Waals surface area contributed by atoms with Gasteiger partial charge in [-0.05, 0) is 62.7 Å². The smallest absolute Gasteiger partial charge is 0.228 e. The van der Waals surface area contributed by atoms with Crippen LogP contribution in [-0.4, -0.2) is 55.5 Å². The van der Waals surface area contributed by atoms with Gasteiger partial charge in [-0.25, -0.2) is 8.42 Å². The summed E-state index contributed by atoms with van der Waals surface area (Å²) >= 11 is 0. The molecule has 0 unspecified atom stereocenters. The van der Waals surface area contributed by atoms with Crippen LogP contribution >= 0.6 is 0 Å². The van der Waals surface area contributed by atoms with E-state index in [1.165, 1.54) is 19.3 Å². The molecule has 0 atom stereocenters. The molecule has 142 valence electrons. The van der Waals surface area contributed by atoms with E-state index in [0.717, 1.165) is 49.9 Å². The Balaban J connectivity index is 1.39. The lowest BCUT2D eigenvalue weighted by molar-refractivity contribution is -0.158. The molecule has 4 bridgehead atoms. The molecule has 0 aromatic rings. The molecule has 1 saturated heterocycles. The largest absolute Gasteiger partial charge is 0.340 e. The quantitative estimate of drug-likeness (QED) is 0.749. The molecule has 4 aliphatic carbocycles. The Hall–Kier alpha value is -0.620. The second kappa shape index (κ2) is 6.52. The molecule has 1 heterocycles. The van der Waals surface area contributed by atoms with Crippen LogP contribution in [0.2, 0.25) is 0 Å². The van der Waals surface area contributed by atoms with Crippen molar-refractivity contribution in [2.45, 2.75) is 58.3 Å². The average molecular weight is 369 g/mol. The Kier molecular flexibility index (Phi) is 4.64. The molecule has 5 nitrogen and oxygen atoms in total. The number of rotatable bonds is 5. The van der Waals surface area contributed by atoms with Gasteiger partial charge in [0.05, 0.1) is 11.2 Å². The van der Waals surface area contributed by atoms with Crippen LogP contribution in [0, 0.1) is 23.2 Å². The maximum atomic E-state index is 13.3. The van der Waals surface area contributed by atoms with Gasteiger partial charge < -0.3 is 4.90 Å². The number of amides is 1. The van der Waals surface area contributed by atoms with E-state index >= 15 is 0 Å². The maximum absolute atomic E-state index is 13.3. The van der Waals surface area contributed by atoms with Gasteiger partial charge in [-0.15, -0.1) is 0 Å². The summed E-state index contributed by atoms with van der Waals surface area (Å²) in [4.78, 5) is 15.3. The van der Waals surface area contributed by atoms with Crippen molar-refractivity contribution in [1.29, 1.82) is 0 Å². The van der Waals surface area contributed by atoms with Crippen LogP contribution < -0.4 is 0 Å². The third-order valence-corrected chi connectivity index (χ3v) is 9.12. The number of piperazine rings is 1. The van der Waals surface area contributed by atoms with E-state index in [0.29, 0.717) is 32.1 Å². The number of hydrogen-bond acceptors (Lipinski definition) is 3. The normalized spacial score (nSPS) is 38.3. The standard InChI is InChI=1S/C19H32N2O3S/c1-2-3-8-25(23,24)21-6-4-20(5-7-21)18(22)19-12-15-9-16(13-19)11-17(10-15)14-19/h15-17H,2-14H2,1H3. The van der Waals surface area contributed by atoms with Crippen molar-refractivity contribution in [3.63, 3.8) is 0 Å². The number of sulfonamides is 1. The van der Waals surface area contributed by atoms with Gasteiger partial charge in [0.25, 0.3) is 0 Å². The first-order chi connectivity index (χ1) is 11.9. The summed E-state index contributed by atoms with van der Waals surface area (Å²) in [6, 6.07) is 0. The molecule has 0 radical (unpaired) electrons. The zero-order chi connectivity index (χ0) is 17.7. The first kappa shape index (κ1) is 17.8. The van der Waals surface area contributed by atoms with Crippen LogP contribution in [-0.2, 0) is 14.8 Å². The van der Waals surface area contributed by atoms with E-state index in [2.05, 4.69) is 0 Å². The molecule has 5 rings (SSSR count). The molecule has 5 aliphatic rings. The monoisotopic (exact) mass is 368 g/mol. The van der Waals surface area contributed by atoms with Crippen LogP contribution in [0.1, 0.15) is 58.3 Å². The van der Waals surface area contributed by atoms with Crippen molar-refractivity contribution < 1.29 is 13.2 Å². The number of unbranched alkanes of at least 4 members (excludes halogenated alkanes) is 1. The van der Waals surface area contributed by atoms with Crippen LogP contribution in [0.15, 0.2) is 0 Å². The minimum absolute atomic E-state index is 0.0992. The number of carbonyl (C=O) groups is 1. The molecule has 25 heavy (non-hydrogen) atoms. The summed E-state index contributed by atoms with van der Waals surface area (Å²) in [7, 11) is -3.14. The Morgan fingerprint density at radius 2 is 1.48 bits per heavy atom. The highest BCUT2D eigenvalue weighted by Gasteiger charge is 2.55. The number of nitrogens with zero attached hydrogens (tertiary/aromatic N) is 2. The van der Waals surface area contributed by atoms with E-state index < -0.39 is 10.0 Å². The predicted molar refractivity (Wildman–Crippen MR) is 97.5 cm³/mol. The van der Waals surface area contributed by atoms with Gasteiger partial charge in [-0.3, -0.25) is 4.79 Å². The minimum Gasteiger partial charge on any atom is -0.340 e. The summed E-state index contributed by atoms with van der Waals surface area (Å²) in [5, 5.41) is 0. The fourth-order valence-electron chi connectivity index (χ4n) is 6.33. The maximum Gasteiger partial charge on any atom is 0.228 e. The molecular weight excluding hydrogens is 336 g/mol. The second-order valence-electron chi connectivity index (χ2n) is 9.06. The molecular formula is C19H32N2O3S. The van der Waals surface area contributed by atoms with Crippen LogP contribution in [0.4, 0.5) is 0 Å². The summed E-state index contributed by atoms with van der Waals surface area (Å²) in [5.74, 6) is 2.90. The average Bonchev–Trinajstić information content (AvgIpc) is 2.58. The van der Waals surface area contributed by atoms with Crippen molar-refractivity contribution in [1.82, 2.24) is 9.21 Å². The molecule has 1 aliphatic heterocycles. The highest BCUT2D eigenvalue weighted by molar-refractivity contribution is 7.89. The Morgan fingerprint density at radius 3 is 1.96 bits per heavy atom. The van der Waals surface area contributed by atoms with Gasteiger partial charge in [0.15, 0.2) is 0 Å². The summed E-state index contributed by atoms with van der Waals surface area (Å²) in [5.41, 5.74) is -0.0992. The molecule has 0 spiro atoms. The molecule has 6 heteroatoms. The van der Waals surface area contributed by atoms with E-state index in [-0.39, 0.29) is 11.2 Å². The van der Waals surface area contributed by atoms with E-state index in [9.17, 15) is 13.2 Å². The van der Waals surface area contributed by atoms with Gasteiger partial charge in [-0.1, -0.05) is 13.3 Å². The Morgan fingerprint density at radius 1 is 0.960 bits per heavy atom. The molecule has 5 fully saturated rings. The Labute approximate surface area is 152 Å². The first-order valence-electron chi connectivity index (χ1n) is 10.2. The summed E-state index contributed by atoms with van der Waals surface area (Å²) in [6.07, 6.45) is 8.91. The topological polar surface area (TPSA) is 57.7 Å². The van der Waals surface area contributed by atoms with Crippen LogP contribution in [0.3, 0.4) is 0 Å². The molecule has 0 aromatic carbocycles. The fraction of sp³-hybridized carbons (Fsp3) is 0.947. The summed E-state index contributed by atoms with van der Waals surface area (Å²) in [6.45, 7) is 4.11. The highest BCUT2D eigenvalue weighted by Crippen LogP contribution is 2.60. The van der Waals surface area contributed by atoms with Gasteiger partial charge in [0.1, 0.15) is 0 Å². The SMILES string of the molecule is CCCCS(=O)(=O)N1CCN(C(=O)C23CC4CC(CC(C4)C2)C3)CC1. The van der Waals surface area contributed by atoms with Gasteiger partial charge >= 0.3 is 0 Å². The van der Waals surface area contributed by atoms with E-state index in [4.69, 9.17) is 0 Å². The van der Waals surface area contributed by atoms with Crippen molar-refractivity contribution >= 4 is 15.9 Å². The minimum atomic E-state index is -3.14. The molecule has 4 saturated carbocycles. The van der Waals surface area contributed by atoms with Gasteiger partial charge in [0.2, 0.25) is 15.9 Å². The summed E-state index contributed by atoms with van der Waals surface area (Å²) < 4.78 is 26.3.